The van der Waals surface area contributed by atoms with Crippen LogP contribution in [0.2, 0.25) is 0 Å². The number of hydrogen-bond donors (Lipinski definition) is 1. The van der Waals surface area contributed by atoms with Crippen molar-refractivity contribution in [2.75, 3.05) is 6.54 Å². The number of rotatable bonds is 3. The molecule has 3 rings (SSSR count). The SMILES string of the molecule is O=CCN1Cc2c(cccc2C2CCC(=O)NC2=O)C1=O. The zero-order chi connectivity index (χ0) is 15.0. The summed E-state index contributed by atoms with van der Waals surface area (Å²) in [5, 5.41) is 2.33. The van der Waals surface area contributed by atoms with Crippen molar-refractivity contribution in [2.24, 2.45) is 0 Å². The van der Waals surface area contributed by atoms with Crippen molar-refractivity contribution in [3.8, 4) is 0 Å². The van der Waals surface area contributed by atoms with E-state index < -0.39 is 5.92 Å². The van der Waals surface area contributed by atoms with E-state index in [0.717, 1.165) is 11.1 Å². The van der Waals surface area contributed by atoms with Crippen molar-refractivity contribution in [3.05, 3.63) is 34.9 Å². The molecule has 2 heterocycles. The molecule has 2 aliphatic rings. The van der Waals surface area contributed by atoms with E-state index in [0.29, 0.717) is 31.2 Å². The van der Waals surface area contributed by atoms with Gasteiger partial charge in [-0.1, -0.05) is 12.1 Å². The van der Waals surface area contributed by atoms with Gasteiger partial charge in [0.1, 0.15) is 6.29 Å². The Labute approximate surface area is 121 Å². The number of amides is 3. The van der Waals surface area contributed by atoms with Crippen molar-refractivity contribution >= 4 is 24.0 Å². The van der Waals surface area contributed by atoms with Crippen LogP contribution in [0.5, 0.6) is 0 Å². The highest BCUT2D eigenvalue weighted by atomic mass is 16.2. The van der Waals surface area contributed by atoms with E-state index in [1.807, 2.05) is 6.07 Å². The monoisotopic (exact) mass is 286 g/mol. The quantitative estimate of drug-likeness (QED) is 0.642. The van der Waals surface area contributed by atoms with Crippen LogP contribution in [0.4, 0.5) is 0 Å². The number of nitrogens with zero attached hydrogens (tertiary/aromatic N) is 1. The lowest BCUT2D eigenvalue weighted by atomic mass is 9.86. The Balaban J connectivity index is 1.96. The summed E-state index contributed by atoms with van der Waals surface area (Å²) in [7, 11) is 0. The summed E-state index contributed by atoms with van der Waals surface area (Å²) < 4.78 is 0. The number of fused-ring (bicyclic) bond motifs is 1. The zero-order valence-corrected chi connectivity index (χ0v) is 11.3. The Bertz CT molecular complexity index is 653. The Morgan fingerprint density at radius 1 is 1.29 bits per heavy atom. The van der Waals surface area contributed by atoms with Gasteiger partial charge in [-0.05, 0) is 23.6 Å². The van der Waals surface area contributed by atoms with Gasteiger partial charge in [0.15, 0.2) is 0 Å². The van der Waals surface area contributed by atoms with Crippen LogP contribution < -0.4 is 5.32 Å². The van der Waals surface area contributed by atoms with E-state index in [9.17, 15) is 19.2 Å². The predicted octanol–water partition coefficient (Wildman–Crippen LogP) is 0.362. The molecule has 21 heavy (non-hydrogen) atoms. The lowest BCUT2D eigenvalue weighted by Gasteiger charge is -2.23. The molecular weight excluding hydrogens is 272 g/mol. The average molecular weight is 286 g/mol. The van der Waals surface area contributed by atoms with Crippen molar-refractivity contribution in [2.45, 2.75) is 25.3 Å². The number of piperidine rings is 1. The lowest BCUT2D eigenvalue weighted by Crippen LogP contribution is -2.39. The standard InChI is InChI=1S/C15H14N2O4/c18-7-6-17-8-12-9(2-1-3-11(12)15(17)21)10-4-5-13(19)16-14(10)20/h1-3,7,10H,4-6,8H2,(H,16,19,20). The number of nitrogens with one attached hydrogen (secondary N) is 1. The molecule has 1 atom stereocenters. The van der Waals surface area contributed by atoms with Gasteiger partial charge >= 0.3 is 0 Å². The average Bonchev–Trinajstić information content (AvgIpc) is 2.77. The molecule has 1 N–H and O–H groups in total. The lowest BCUT2D eigenvalue weighted by molar-refractivity contribution is -0.134. The molecule has 0 spiro atoms. The number of aldehydes is 1. The van der Waals surface area contributed by atoms with Crippen LogP contribution in [0.1, 0.15) is 40.2 Å². The second kappa shape index (κ2) is 5.12. The molecule has 2 aliphatic heterocycles. The summed E-state index contributed by atoms with van der Waals surface area (Å²) in [5.41, 5.74) is 2.11. The maximum atomic E-state index is 12.2. The first-order valence-corrected chi connectivity index (χ1v) is 6.80. The molecular formula is C15H14N2O4. The summed E-state index contributed by atoms with van der Waals surface area (Å²) in [6.07, 6.45) is 1.44. The van der Waals surface area contributed by atoms with Gasteiger partial charge in [-0.25, -0.2) is 0 Å². The molecule has 1 aromatic carbocycles. The largest absolute Gasteiger partial charge is 0.327 e. The van der Waals surface area contributed by atoms with E-state index in [-0.39, 0.29) is 24.3 Å². The minimum absolute atomic E-state index is 0.0440. The van der Waals surface area contributed by atoms with Crippen molar-refractivity contribution < 1.29 is 19.2 Å². The normalized spacial score (nSPS) is 21.2. The highest BCUT2D eigenvalue weighted by molar-refractivity contribution is 6.03. The smallest absolute Gasteiger partial charge is 0.254 e. The molecule has 6 nitrogen and oxygen atoms in total. The first-order valence-electron chi connectivity index (χ1n) is 6.80. The predicted molar refractivity (Wildman–Crippen MR) is 72.4 cm³/mol. The van der Waals surface area contributed by atoms with E-state index in [1.165, 1.54) is 4.90 Å². The molecule has 0 bridgehead atoms. The van der Waals surface area contributed by atoms with Gasteiger partial charge in [0, 0.05) is 18.5 Å². The molecule has 1 saturated heterocycles. The number of carbonyl (C=O) groups excluding carboxylic acids is 4. The van der Waals surface area contributed by atoms with Gasteiger partial charge in [-0.2, -0.15) is 0 Å². The fourth-order valence-electron chi connectivity index (χ4n) is 2.97. The van der Waals surface area contributed by atoms with Gasteiger partial charge in [-0.15, -0.1) is 0 Å². The van der Waals surface area contributed by atoms with Crippen molar-refractivity contribution in [1.82, 2.24) is 10.2 Å². The van der Waals surface area contributed by atoms with Crippen molar-refractivity contribution in [3.63, 3.8) is 0 Å². The Morgan fingerprint density at radius 2 is 2.10 bits per heavy atom. The molecule has 0 aromatic heterocycles. The summed E-state index contributed by atoms with van der Waals surface area (Å²) in [6.45, 7) is 0.378. The maximum absolute atomic E-state index is 12.2. The Morgan fingerprint density at radius 3 is 2.81 bits per heavy atom. The molecule has 0 saturated carbocycles. The van der Waals surface area contributed by atoms with Gasteiger partial charge < -0.3 is 9.69 Å². The highest BCUT2D eigenvalue weighted by Gasteiger charge is 2.35. The number of benzene rings is 1. The van der Waals surface area contributed by atoms with Gasteiger partial charge in [0.2, 0.25) is 11.8 Å². The molecule has 1 aromatic rings. The number of carbonyl (C=O) groups is 4. The van der Waals surface area contributed by atoms with Crippen LogP contribution in [0.25, 0.3) is 0 Å². The Hall–Kier alpha value is -2.50. The third-order valence-corrected chi connectivity index (χ3v) is 3.99. The van der Waals surface area contributed by atoms with Crippen LogP contribution in [-0.4, -0.2) is 35.5 Å². The number of imide groups is 1. The molecule has 0 radical (unpaired) electrons. The molecule has 1 unspecified atom stereocenters. The second-order valence-electron chi connectivity index (χ2n) is 5.23. The highest BCUT2D eigenvalue weighted by Crippen LogP contribution is 2.33. The summed E-state index contributed by atoms with van der Waals surface area (Å²) in [4.78, 5) is 47.5. The molecule has 108 valence electrons. The summed E-state index contributed by atoms with van der Waals surface area (Å²) in [5.74, 6) is -1.18. The molecule has 1 fully saturated rings. The van der Waals surface area contributed by atoms with E-state index in [4.69, 9.17) is 0 Å². The maximum Gasteiger partial charge on any atom is 0.254 e. The topological polar surface area (TPSA) is 83.6 Å². The van der Waals surface area contributed by atoms with Crippen LogP contribution in [0.15, 0.2) is 18.2 Å². The molecule has 0 aliphatic carbocycles. The van der Waals surface area contributed by atoms with E-state index in [2.05, 4.69) is 5.32 Å². The van der Waals surface area contributed by atoms with Crippen molar-refractivity contribution in [1.29, 1.82) is 0 Å². The van der Waals surface area contributed by atoms with Crippen LogP contribution in [-0.2, 0) is 20.9 Å². The van der Waals surface area contributed by atoms with Crippen LogP contribution in [0, 0.1) is 0 Å². The minimum atomic E-state index is -0.415. The summed E-state index contributed by atoms with van der Waals surface area (Å²) >= 11 is 0. The first-order chi connectivity index (χ1) is 10.1. The van der Waals surface area contributed by atoms with E-state index >= 15 is 0 Å². The minimum Gasteiger partial charge on any atom is -0.327 e. The summed E-state index contributed by atoms with van der Waals surface area (Å²) in [6, 6.07) is 5.26. The van der Waals surface area contributed by atoms with E-state index in [1.54, 1.807) is 12.1 Å². The zero-order valence-electron chi connectivity index (χ0n) is 11.3. The molecule has 6 heteroatoms. The first kappa shape index (κ1) is 13.5. The van der Waals surface area contributed by atoms with Gasteiger partial charge in [0.25, 0.3) is 5.91 Å². The van der Waals surface area contributed by atoms with Crippen LogP contribution in [0.3, 0.4) is 0 Å². The van der Waals surface area contributed by atoms with Crippen LogP contribution >= 0.6 is 0 Å². The third-order valence-electron chi connectivity index (χ3n) is 3.99. The fourth-order valence-corrected chi connectivity index (χ4v) is 2.97. The van der Waals surface area contributed by atoms with Gasteiger partial charge in [0.05, 0.1) is 12.5 Å². The van der Waals surface area contributed by atoms with Gasteiger partial charge in [-0.3, -0.25) is 19.7 Å². The Kier molecular flexibility index (Phi) is 3.29. The second-order valence-corrected chi connectivity index (χ2v) is 5.23. The third kappa shape index (κ3) is 2.22. The molecule has 3 amide bonds. The number of hydrogen-bond acceptors (Lipinski definition) is 4. The fraction of sp³-hybridized carbons (Fsp3) is 0.333.